The molecule has 0 fully saturated rings. The molecule has 0 saturated heterocycles. The highest BCUT2D eigenvalue weighted by atomic mass is 35.5. The SMILES string of the molecule is CCCCNc1nc(C)cn1Cc1ccc(Cl)s1. The Balaban J connectivity index is 2.06. The van der Waals surface area contributed by atoms with E-state index in [4.69, 9.17) is 11.6 Å². The van der Waals surface area contributed by atoms with Crippen LogP contribution < -0.4 is 5.32 Å². The number of nitrogens with zero attached hydrogens (tertiary/aromatic N) is 2. The lowest BCUT2D eigenvalue weighted by atomic mass is 10.3. The van der Waals surface area contributed by atoms with E-state index in [2.05, 4.69) is 34.1 Å². The van der Waals surface area contributed by atoms with Crippen LogP contribution in [-0.2, 0) is 6.54 Å². The monoisotopic (exact) mass is 283 g/mol. The van der Waals surface area contributed by atoms with Crippen molar-refractivity contribution < 1.29 is 0 Å². The number of imidazole rings is 1. The molecule has 1 N–H and O–H groups in total. The topological polar surface area (TPSA) is 29.9 Å². The summed E-state index contributed by atoms with van der Waals surface area (Å²) in [5.74, 6) is 0.950. The lowest BCUT2D eigenvalue weighted by Crippen LogP contribution is -2.08. The molecule has 0 atom stereocenters. The number of hydrogen-bond donors (Lipinski definition) is 1. The number of nitrogens with one attached hydrogen (secondary N) is 1. The molecule has 5 heteroatoms. The Kier molecular flexibility index (Phi) is 4.66. The Morgan fingerprint density at radius 2 is 2.28 bits per heavy atom. The van der Waals surface area contributed by atoms with Crippen LogP contribution in [0.4, 0.5) is 5.95 Å². The van der Waals surface area contributed by atoms with Gasteiger partial charge >= 0.3 is 0 Å². The summed E-state index contributed by atoms with van der Waals surface area (Å²) >= 11 is 7.57. The summed E-state index contributed by atoms with van der Waals surface area (Å²) in [6, 6.07) is 4.01. The molecule has 2 aromatic rings. The highest BCUT2D eigenvalue weighted by molar-refractivity contribution is 7.16. The van der Waals surface area contributed by atoms with Gasteiger partial charge in [-0.15, -0.1) is 11.3 Å². The second-order valence-electron chi connectivity index (χ2n) is 4.32. The highest BCUT2D eigenvalue weighted by Crippen LogP contribution is 2.23. The van der Waals surface area contributed by atoms with Gasteiger partial charge < -0.3 is 9.88 Å². The molecule has 0 unspecified atom stereocenters. The van der Waals surface area contributed by atoms with Crippen LogP contribution in [0.3, 0.4) is 0 Å². The van der Waals surface area contributed by atoms with Gasteiger partial charge in [-0.05, 0) is 25.5 Å². The largest absolute Gasteiger partial charge is 0.356 e. The van der Waals surface area contributed by atoms with Crippen molar-refractivity contribution in [3.8, 4) is 0 Å². The van der Waals surface area contributed by atoms with Crippen molar-refractivity contribution in [1.82, 2.24) is 9.55 Å². The zero-order valence-corrected chi connectivity index (χ0v) is 12.3. The number of thiophene rings is 1. The minimum absolute atomic E-state index is 0.826. The van der Waals surface area contributed by atoms with Gasteiger partial charge in [0.05, 0.1) is 16.6 Å². The van der Waals surface area contributed by atoms with Gasteiger partial charge in [0.2, 0.25) is 5.95 Å². The number of unbranched alkanes of at least 4 members (excludes halogenated alkanes) is 1. The molecule has 0 radical (unpaired) electrons. The molecule has 0 amide bonds. The third-order valence-electron chi connectivity index (χ3n) is 2.67. The van der Waals surface area contributed by atoms with E-state index in [0.717, 1.165) is 35.5 Å². The first-order valence-corrected chi connectivity index (χ1v) is 7.40. The fraction of sp³-hybridized carbons (Fsp3) is 0.462. The van der Waals surface area contributed by atoms with Crippen LogP contribution in [0.5, 0.6) is 0 Å². The van der Waals surface area contributed by atoms with E-state index in [1.165, 1.54) is 11.3 Å². The van der Waals surface area contributed by atoms with Crippen molar-refractivity contribution in [2.45, 2.75) is 33.2 Å². The third-order valence-corrected chi connectivity index (χ3v) is 3.88. The van der Waals surface area contributed by atoms with Gasteiger partial charge in [-0.3, -0.25) is 0 Å². The zero-order chi connectivity index (χ0) is 13.0. The predicted octanol–water partition coefficient (Wildman–Crippen LogP) is 4.17. The smallest absolute Gasteiger partial charge is 0.203 e. The molecule has 3 nitrogen and oxygen atoms in total. The summed E-state index contributed by atoms with van der Waals surface area (Å²) in [5, 5.41) is 3.39. The number of rotatable bonds is 6. The average Bonchev–Trinajstić information content (AvgIpc) is 2.87. The van der Waals surface area contributed by atoms with E-state index in [9.17, 15) is 0 Å². The molecule has 2 rings (SSSR count). The van der Waals surface area contributed by atoms with Gasteiger partial charge in [0.25, 0.3) is 0 Å². The van der Waals surface area contributed by atoms with Crippen molar-refractivity contribution in [1.29, 1.82) is 0 Å². The fourth-order valence-corrected chi connectivity index (χ4v) is 2.88. The van der Waals surface area contributed by atoms with E-state index in [-0.39, 0.29) is 0 Å². The molecule has 98 valence electrons. The van der Waals surface area contributed by atoms with Gasteiger partial charge in [0.15, 0.2) is 0 Å². The fourth-order valence-electron chi connectivity index (χ4n) is 1.79. The lowest BCUT2D eigenvalue weighted by Gasteiger charge is -2.08. The highest BCUT2D eigenvalue weighted by Gasteiger charge is 2.07. The minimum Gasteiger partial charge on any atom is -0.356 e. The number of aryl methyl sites for hydroxylation is 1. The Morgan fingerprint density at radius 1 is 1.44 bits per heavy atom. The Bertz CT molecular complexity index is 504. The first kappa shape index (κ1) is 13.4. The summed E-state index contributed by atoms with van der Waals surface area (Å²) in [5.41, 5.74) is 1.04. The van der Waals surface area contributed by atoms with Crippen LogP contribution in [0.1, 0.15) is 30.3 Å². The van der Waals surface area contributed by atoms with Gasteiger partial charge in [0, 0.05) is 17.6 Å². The summed E-state index contributed by atoms with van der Waals surface area (Å²) in [4.78, 5) is 5.76. The molecule has 2 aromatic heterocycles. The number of halogens is 1. The molecule has 0 spiro atoms. The molecular weight excluding hydrogens is 266 g/mol. The van der Waals surface area contributed by atoms with Gasteiger partial charge in [-0.25, -0.2) is 4.98 Å². The van der Waals surface area contributed by atoms with Gasteiger partial charge in [-0.2, -0.15) is 0 Å². The van der Waals surface area contributed by atoms with Crippen LogP contribution in [0, 0.1) is 6.92 Å². The first-order chi connectivity index (χ1) is 8.69. The maximum atomic E-state index is 5.95. The molecule has 0 bridgehead atoms. The lowest BCUT2D eigenvalue weighted by molar-refractivity contribution is 0.782. The Morgan fingerprint density at radius 3 is 2.94 bits per heavy atom. The summed E-state index contributed by atoms with van der Waals surface area (Å²) in [6.45, 7) is 6.00. The van der Waals surface area contributed by atoms with E-state index >= 15 is 0 Å². The van der Waals surface area contributed by atoms with E-state index in [0.29, 0.717) is 0 Å². The second-order valence-corrected chi connectivity index (χ2v) is 6.12. The first-order valence-electron chi connectivity index (χ1n) is 6.21. The van der Waals surface area contributed by atoms with Crippen molar-refractivity contribution in [3.05, 3.63) is 33.2 Å². The molecule has 0 saturated carbocycles. The van der Waals surface area contributed by atoms with Crippen molar-refractivity contribution >= 4 is 28.9 Å². The Labute approximate surface area is 117 Å². The summed E-state index contributed by atoms with van der Waals surface area (Å²) in [7, 11) is 0. The number of anilines is 1. The molecule has 0 aliphatic heterocycles. The molecule has 0 aliphatic rings. The Hall–Kier alpha value is -1.000. The minimum atomic E-state index is 0.826. The molecule has 2 heterocycles. The molecular formula is C13H18ClN3S. The van der Waals surface area contributed by atoms with Crippen LogP contribution in [-0.4, -0.2) is 16.1 Å². The molecule has 0 aliphatic carbocycles. The maximum absolute atomic E-state index is 5.95. The van der Waals surface area contributed by atoms with Crippen LogP contribution in [0.2, 0.25) is 4.34 Å². The normalized spacial score (nSPS) is 10.8. The quantitative estimate of drug-likeness (QED) is 0.807. The summed E-state index contributed by atoms with van der Waals surface area (Å²) in [6.07, 6.45) is 4.42. The van der Waals surface area contributed by atoms with Crippen LogP contribution in [0.15, 0.2) is 18.3 Å². The standard InChI is InChI=1S/C13H18ClN3S/c1-3-4-7-15-13-16-10(2)8-17(13)9-11-5-6-12(14)18-11/h5-6,8H,3-4,7,9H2,1-2H3,(H,15,16). The van der Waals surface area contributed by atoms with Gasteiger partial charge in [0.1, 0.15) is 0 Å². The van der Waals surface area contributed by atoms with Crippen molar-refractivity contribution in [3.63, 3.8) is 0 Å². The number of hydrogen-bond acceptors (Lipinski definition) is 3. The molecule has 0 aromatic carbocycles. The van der Waals surface area contributed by atoms with E-state index in [1.807, 2.05) is 13.0 Å². The predicted molar refractivity (Wildman–Crippen MR) is 78.8 cm³/mol. The molecule has 18 heavy (non-hydrogen) atoms. The van der Waals surface area contributed by atoms with Crippen LogP contribution in [0.25, 0.3) is 0 Å². The number of aromatic nitrogens is 2. The van der Waals surface area contributed by atoms with Crippen LogP contribution >= 0.6 is 22.9 Å². The maximum Gasteiger partial charge on any atom is 0.203 e. The van der Waals surface area contributed by atoms with Gasteiger partial charge in [-0.1, -0.05) is 24.9 Å². The van der Waals surface area contributed by atoms with E-state index < -0.39 is 0 Å². The zero-order valence-electron chi connectivity index (χ0n) is 10.7. The summed E-state index contributed by atoms with van der Waals surface area (Å²) < 4.78 is 2.98. The second kappa shape index (κ2) is 6.25. The average molecular weight is 284 g/mol. The van der Waals surface area contributed by atoms with Crippen molar-refractivity contribution in [2.24, 2.45) is 0 Å². The van der Waals surface area contributed by atoms with E-state index in [1.54, 1.807) is 11.3 Å². The third kappa shape index (κ3) is 3.50. The van der Waals surface area contributed by atoms with Crippen molar-refractivity contribution in [2.75, 3.05) is 11.9 Å².